The Hall–Kier alpha value is -1.32. The molecule has 0 aliphatic carbocycles. The minimum atomic E-state index is 0. The van der Waals surface area contributed by atoms with Crippen LogP contribution in [-0.4, -0.2) is 9.55 Å². The van der Waals surface area contributed by atoms with Crippen LogP contribution in [-0.2, 0) is 0 Å². The van der Waals surface area contributed by atoms with Gasteiger partial charge in [-0.1, -0.05) is 12.1 Å². The van der Waals surface area contributed by atoms with Gasteiger partial charge in [0.2, 0.25) is 0 Å². The molecule has 3 nitrogen and oxygen atoms in total. The van der Waals surface area contributed by atoms with Gasteiger partial charge in [0.05, 0.1) is 6.33 Å². The predicted octanol–water partition coefficient (Wildman–Crippen LogP) is 2.31. The molecule has 0 radical (unpaired) electrons. The van der Waals surface area contributed by atoms with E-state index in [2.05, 4.69) is 4.98 Å². The molecule has 80 valence electrons. The first-order valence-corrected chi connectivity index (χ1v) is 4.61. The lowest BCUT2D eigenvalue weighted by atomic mass is 10.1. The van der Waals surface area contributed by atoms with Crippen LogP contribution < -0.4 is 5.73 Å². The Balaban J connectivity index is 0.00000112. The Morgan fingerprint density at radius 2 is 1.93 bits per heavy atom. The molecule has 1 aromatic carbocycles. The van der Waals surface area contributed by atoms with E-state index in [1.165, 1.54) is 0 Å². The summed E-state index contributed by atoms with van der Waals surface area (Å²) in [6.45, 7) is 1.98. The van der Waals surface area contributed by atoms with Crippen molar-refractivity contribution in [1.29, 1.82) is 0 Å². The van der Waals surface area contributed by atoms with Crippen molar-refractivity contribution in [3.8, 4) is 5.69 Å². The van der Waals surface area contributed by atoms with Crippen molar-refractivity contribution in [2.24, 2.45) is 5.73 Å². The van der Waals surface area contributed by atoms with Crippen LogP contribution in [0.15, 0.2) is 43.0 Å². The number of hydrogen-bond donors (Lipinski definition) is 1. The Bertz CT molecular complexity index is 392. The summed E-state index contributed by atoms with van der Waals surface area (Å²) in [4.78, 5) is 3.99. The van der Waals surface area contributed by atoms with Crippen molar-refractivity contribution < 1.29 is 0 Å². The molecule has 0 aliphatic rings. The van der Waals surface area contributed by atoms with E-state index in [9.17, 15) is 0 Å². The standard InChI is InChI=1S/C11H13N3.ClH/c1-9(12)10-2-4-11(5-3-10)14-7-6-13-8-14;/h2-9H,12H2,1H3;1H/t9-;/m0./s1. The lowest BCUT2D eigenvalue weighted by Gasteiger charge is -2.07. The number of aromatic nitrogens is 2. The highest BCUT2D eigenvalue weighted by molar-refractivity contribution is 5.85. The molecule has 1 aromatic heterocycles. The molecule has 1 atom stereocenters. The molecule has 2 rings (SSSR count). The maximum absolute atomic E-state index is 5.76. The van der Waals surface area contributed by atoms with Crippen LogP contribution in [0.3, 0.4) is 0 Å². The average molecular weight is 224 g/mol. The van der Waals surface area contributed by atoms with Gasteiger partial charge in [-0.3, -0.25) is 0 Å². The Morgan fingerprint density at radius 3 is 2.40 bits per heavy atom. The van der Waals surface area contributed by atoms with Crippen molar-refractivity contribution in [3.05, 3.63) is 48.5 Å². The minimum Gasteiger partial charge on any atom is -0.324 e. The van der Waals surface area contributed by atoms with Gasteiger partial charge in [-0.2, -0.15) is 0 Å². The average Bonchev–Trinajstić information content (AvgIpc) is 2.71. The zero-order valence-corrected chi connectivity index (χ0v) is 9.32. The van der Waals surface area contributed by atoms with Gasteiger partial charge in [-0.15, -0.1) is 12.4 Å². The van der Waals surface area contributed by atoms with E-state index in [1.807, 2.05) is 42.0 Å². The topological polar surface area (TPSA) is 43.8 Å². The quantitative estimate of drug-likeness (QED) is 0.849. The van der Waals surface area contributed by atoms with Crippen LogP contribution in [0.25, 0.3) is 5.69 Å². The molecule has 4 heteroatoms. The largest absolute Gasteiger partial charge is 0.324 e. The molecule has 0 fully saturated rings. The van der Waals surface area contributed by atoms with Gasteiger partial charge in [0, 0.05) is 24.1 Å². The lowest BCUT2D eigenvalue weighted by molar-refractivity contribution is 0.817. The van der Waals surface area contributed by atoms with Crippen molar-refractivity contribution in [2.45, 2.75) is 13.0 Å². The van der Waals surface area contributed by atoms with Gasteiger partial charge in [-0.25, -0.2) is 4.98 Å². The molecule has 1 heterocycles. The van der Waals surface area contributed by atoms with E-state index in [4.69, 9.17) is 5.73 Å². The van der Waals surface area contributed by atoms with Gasteiger partial charge < -0.3 is 10.3 Å². The second-order valence-corrected chi connectivity index (χ2v) is 3.35. The van der Waals surface area contributed by atoms with Crippen LogP contribution in [0.2, 0.25) is 0 Å². The maximum atomic E-state index is 5.76. The summed E-state index contributed by atoms with van der Waals surface area (Å²) in [7, 11) is 0. The van der Waals surface area contributed by atoms with Crippen LogP contribution >= 0.6 is 12.4 Å². The van der Waals surface area contributed by atoms with E-state index in [-0.39, 0.29) is 18.4 Å². The highest BCUT2D eigenvalue weighted by Gasteiger charge is 1.99. The SMILES string of the molecule is C[C@H](N)c1ccc(-n2ccnc2)cc1.Cl. The smallest absolute Gasteiger partial charge is 0.0991 e. The van der Waals surface area contributed by atoms with E-state index in [0.717, 1.165) is 11.3 Å². The van der Waals surface area contributed by atoms with Crippen LogP contribution in [0.5, 0.6) is 0 Å². The molecule has 0 saturated carbocycles. The van der Waals surface area contributed by atoms with Crippen LogP contribution in [0.4, 0.5) is 0 Å². The monoisotopic (exact) mass is 223 g/mol. The second kappa shape index (κ2) is 4.96. The summed E-state index contributed by atoms with van der Waals surface area (Å²) in [5.41, 5.74) is 8.01. The number of imidazole rings is 1. The third-order valence-electron chi connectivity index (χ3n) is 2.22. The molecule has 0 amide bonds. The van der Waals surface area contributed by atoms with E-state index in [0.29, 0.717) is 0 Å². The summed E-state index contributed by atoms with van der Waals surface area (Å²) in [6.07, 6.45) is 5.46. The first-order chi connectivity index (χ1) is 6.77. The highest BCUT2D eigenvalue weighted by atomic mass is 35.5. The Labute approximate surface area is 95.4 Å². The minimum absolute atomic E-state index is 0. The van der Waals surface area contributed by atoms with Gasteiger partial charge in [0.1, 0.15) is 0 Å². The van der Waals surface area contributed by atoms with Gasteiger partial charge in [0.15, 0.2) is 0 Å². The summed E-state index contributed by atoms with van der Waals surface area (Å²) in [5.74, 6) is 0. The van der Waals surface area contributed by atoms with E-state index >= 15 is 0 Å². The fourth-order valence-electron chi connectivity index (χ4n) is 1.36. The van der Waals surface area contributed by atoms with Gasteiger partial charge >= 0.3 is 0 Å². The highest BCUT2D eigenvalue weighted by Crippen LogP contribution is 2.13. The molecule has 2 N–H and O–H groups in total. The van der Waals surface area contributed by atoms with E-state index in [1.54, 1.807) is 12.5 Å². The molecular formula is C11H14ClN3. The van der Waals surface area contributed by atoms with E-state index < -0.39 is 0 Å². The summed E-state index contributed by atoms with van der Waals surface area (Å²) in [5, 5.41) is 0. The Morgan fingerprint density at radius 1 is 1.27 bits per heavy atom. The first-order valence-electron chi connectivity index (χ1n) is 4.61. The predicted molar refractivity (Wildman–Crippen MR) is 63.4 cm³/mol. The van der Waals surface area contributed by atoms with Crippen molar-refractivity contribution in [2.75, 3.05) is 0 Å². The first kappa shape index (κ1) is 11.8. The number of halogens is 1. The van der Waals surface area contributed by atoms with Crippen molar-refractivity contribution in [3.63, 3.8) is 0 Å². The molecule has 0 aliphatic heterocycles. The van der Waals surface area contributed by atoms with Crippen molar-refractivity contribution >= 4 is 12.4 Å². The number of hydrogen-bond acceptors (Lipinski definition) is 2. The fourth-order valence-corrected chi connectivity index (χ4v) is 1.36. The summed E-state index contributed by atoms with van der Waals surface area (Å²) < 4.78 is 1.96. The molecular weight excluding hydrogens is 210 g/mol. The van der Waals surface area contributed by atoms with Gasteiger partial charge in [-0.05, 0) is 24.6 Å². The number of nitrogens with two attached hydrogens (primary N) is 1. The fraction of sp³-hybridized carbons (Fsp3) is 0.182. The molecule has 0 bridgehead atoms. The molecule has 2 aromatic rings. The third kappa shape index (κ3) is 2.58. The third-order valence-corrected chi connectivity index (χ3v) is 2.22. The van der Waals surface area contributed by atoms with Crippen LogP contribution in [0, 0.1) is 0 Å². The summed E-state index contributed by atoms with van der Waals surface area (Å²) >= 11 is 0. The number of nitrogens with zero attached hydrogens (tertiary/aromatic N) is 2. The van der Waals surface area contributed by atoms with Gasteiger partial charge in [0.25, 0.3) is 0 Å². The summed E-state index contributed by atoms with van der Waals surface area (Å²) in [6, 6.07) is 8.26. The lowest BCUT2D eigenvalue weighted by Crippen LogP contribution is -2.04. The normalized spacial score (nSPS) is 11.9. The molecule has 0 saturated heterocycles. The van der Waals surface area contributed by atoms with Crippen molar-refractivity contribution in [1.82, 2.24) is 9.55 Å². The zero-order valence-electron chi connectivity index (χ0n) is 8.50. The number of benzene rings is 1. The zero-order chi connectivity index (χ0) is 9.97. The number of rotatable bonds is 2. The molecule has 0 unspecified atom stereocenters. The maximum Gasteiger partial charge on any atom is 0.0991 e. The molecule has 0 spiro atoms. The van der Waals surface area contributed by atoms with Crippen LogP contribution in [0.1, 0.15) is 18.5 Å². The Kier molecular flexibility index (Phi) is 3.88. The molecule has 15 heavy (non-hydrogen) atoms. The second-order valence-electron chi connectivity index (χ2n) is 3.35.